The summed E-state index contributed by atoms with van der Waals surface area (Å²) in [5.74, 6) is -0.366. The van der Waals surface area contributed by atoms with E-state index in [1.54, 1.807) is 23.7 Å². The van der Waals surface area contributed by atoms with Crippen LogP contribution in [0.3, 0.4) is 0 Å². The molecule has 0 bridgehead atoms. The fourth-order valence-corrected chi connectivity index (χ4v) is 4.49. The number of pyridine rings is 2. The van der Waals surface area contributed by atoms with Gasteiger partial charge in [-0.1, -0.05) is 11.3 Å². The van der Waals surface area contributed by atoms with Gasteiger partial charge in [0, 0.05) is 30.5 Å². The van der Waals surface area contributed by atoms with E-state index < -0.39 is 0 Å². The summed E-state index contributed by atoms with van der Waals surface area (Å²) in [6.07, 6.45) is 5.92. The van der Waals surface area contributed by atoms with Crippen molar-refractivity contribution in [2.24, 2.45) is 0 Å². The quantitative estimate of drug-likeness (QED) is 0.535. The Morgan fingerprint density at radius 1 is 1.23 bits per heavy atom. The zero-order valence-corrected chi connectivity index (χ0v) is 17.0. The molecule has 1 fully saturated rings. The number of carbonyl (C=O) groups excluding carboxylic acids is 1. The summed E-state index contributed by atoms with van der Waals surface area (Å²) in [5, 5.41) is 3.81. The highest BCUT2D eigenvalue weighted by Crippen LogP contribution is 2.40. The average molecular weight is 422 g/mol. The van der Waals surface area contributed by atoms with Crippen LogP contribution >= 0.6 is 11.3 Å². The van der Waals surface area contributed by atoms with Crippen molar-refractivity contribution in [2.45, 2.75) is 6.92 Å². The molecule has 5 heterocycles. The number of thiazole rings is 1. The third-order valence-electron chi connectivity index (χ3n) is 4.79. The van der Waals surface area contributed by atoms with Crippen molar-refractivity contribution >= 4 is 38.4 Å². The minimum Gasteiger partial charge on any atom is -0.451 e. The van der Waals surface area contributed by atoms with Crippen LogP contribution in [-0.4, -0.2) is 52.1 Å². The van der Waals surface area contributed by atoms with Gasteiger partial charge in [-0.25, -0.2) is 9.97 Å². The molecule has 0 unspecified atom stereocenters. The number of morpholine rings is 1. The van der Waals surface area contributed by atoms with E-state index >= 15 is 0 Å². The number of nitrogens with zero attached hydrogens (tertiary/aromatic N) is 5. The highest BCUT2D eigenvalue weighted by atomic mass is 32.1. The van der Waals surface area contributed by atoms with E-state index in [4.69, 9.17) is 14.1 Å². The molecule has 0 radical (unpaired) electrons. The molecule has 10 heteroatoms. The van der Waals surface area contributed by atoms with Crippen LogP contribution < -0.4 is 10.2 Å². The number of fused-ring (bicyclic) bond motifs is 1. The standard InChI is InChI=1S/C20H18N6O3S/c1-12-8-13(2-3-21-12)16-14(24-19(27)15-10-29-11-23-15)9-22-18-17(16)30-20(25-18)26-4-6-28-7-5-26/h2-3,8-11H,4-7H2,1H3,(H,24,27). The number of nitrogens with one attached hydrogen (secondary N) is 1. The van der Waals surface area contributed by atoms with Gasteiger partial charge in [0.1, 0.15) is 6.26 Å². The minimum atomic E-state index is -0.366. The first kappa shape index (κ1) is 18.6. The zero-order valence-electron chi connectivity index (χ0n) is 16.2. The van der Waals surface area contributed by atoms with E-state index in [0.29, 0.717) is 24.5 Å². The number of rotatable bonds is 4. The van der Waals surface area contributed by atoms with Gasteiger partial charge < -0.3 is 19.4 Å². The summed E-state index contributed by atoms with van der Waals surface area (Å²) in [5.41, 5.74) is 4.10. The molecular weight excluding hydrogens is 404 g/mol. The number of ether oxygens (including phenoxy) is 1. The molecule has 9 nitrogen and oxygen atoms in total. The first-order valence-electron chi connectivity index (χ1n) is 9.44. The molecule has 4 aromatic heterocycles. The third kappa shape index (κ3) is 3.51. The van der Waals surface area contributed by atoms with Crippen LogP contribution in [0.5, 0.6) is 0 Å². The molecule has 0 spiro atoms. The van der Waals surface area contributed by atoms with Crippen LogP contribution in [0.25, 0.3) is 21.5 Å². The topological polar surface area (TPSA) is 106 Å². The Hall–Kier alpha value is -3.37. The van der Waals surface area contributed by atoms with Gasteiger partial charge in [0.25, 0.3) is 5.91 Å². The molecule has 1 amide bonds. The van der Waals surface area contributed by atoms with Gasteiger partial charge in [0.2, 0.25) is 0 Å². The van der Waals surface area contributed by atoms with Crippen LogP contribution in [0, 0.1) is 6.92 Å². The maximum atomic E-state index is 12.6. The molecule has 1 aliphatic heterocycles. The van der Waals surface area contributed by atoms with Gasteiger partial charge in [-0.2, -0.15) is 4.98 Å². The predicted molar refractivity (Wildman–Crippen MR) is 113 cm³/mol. The summed E-state index contributed by atoms with van der Waals surface area (Å²) in [6.45, 7) is 4.87. The van der Waals surface area contributed by atoms with E-state index in [9.17, 15) is 4.79 Å². The van der Waals surface area contributed by atoms with Gasteiger partial charge in [-0.15, -0.1) is 0 Å². The molecule has 1 saturated heterocycles. The number of carbonyl (C=O) groups is 1. The molecule has 1 aliphatic rings. The monoisotopic (exact) mass is 422 g/mol. The average Bonchev–Trinajstić information content (AvgIpc) is 3.44. The van der Waals surface area contributed by atoms with Crippen LogP contribution in [0.15, 0.2) is 41.6 Å². The number of amides is 1. The highest BCUT2D eigenvalue weighted by molar-refractivity contribution is 7.22. The summed E-state index contributed by atoms with van der Waals surface area (Å²) >= 11 is 1.56. The van der Waals surface area contributed by atoms with E-state index in [1.807, 2.05) is 19.1 Å². The third-order valence-corrected chi connectivity index (χ3v) is 5.91. The van der Waals surface area contributed by atoms with E-state index in [2.05, 4.69) is 25.2 Å². The van der Waals surface area contributed by atoms with Gasteiger partial charge in [0.15, 0.2) is 22.9 Å². The zero-order chi connectivity index (χ0) is 20.5. The molecule has 0 saturated carbocycles. The van der Waals surface area contributed by atoms with Crippen molar-refractivity contribution in [1.29, 1.82) is 0 Å². The summed E-state index contributed by atoms with van der Waals surface area (Å²) in [7, 11) is 0. The summed E-state index contributed by atoms with van der Waals surface area (Å²) in [6, 6.07) is 3.90. The van der Waals surface area contributed by atoms with Gasteiger partial charge in [-0.05, 0) is 24.6 Å². The van der Waals surface area contributed by atoms with Crippen LogP contribution in [0.1, 0.15) is 16.2 Å². The first-order valence-corrected chi connectivity index (χ1v) is 10.3. The van der Waals surface area contributed by atoms with Crippen LogP contribution in [0.4, 0.5) is 10.8 Å². The summed E-state index contributed by atoms with van der Waals surface area (Å²) in [4.78, 5) is 32.3. The number of hydrogen-bond donors (Lipinski definition) is 1. The number of aromatic nitrogens is 4. The molecule has 4 aromatic rings. The Bertz CT molecular complexity index is 1200. The molecule has 0 atom stereocenters. The van der Waals surface area contributed by atoms with E-state index in [0.717, 1.165) is 39.7 Å². The lowest BCUT2D eigenvalue weighted by atomic mass is 10.1. The largest absolute Gasteiger partial charge is 0.451 e. The second-order valence-electron chi connectivity index (χ2n) is 6.81. The van der Waals surface area contributed by atoms with E-state index in [1.165, 1.54) is 12.7 Å². The van der Waals surface area contributed by atoms with Crippen molar-refractivity contribution in [3.63, 3.8) is 0 Å². The number of oxazole rings is 1. The second-order valence-corrected chi connectivity index (χ2v) is 7.79. The van der Waals surface area contributed by atoms with Crippen molar-refractivity contribution in [1.82, 2.24) is 19.9 Å². The fourth-order valence-electron chi connectivity index (χ4n) is 3.35. The maximum Gasteiger partial charge on any atom is 0.277 e. The Labute approximate surface area is 175 Å². The van der Waals surface area contributed by atoms with Crippen LogP contribution in [-0.2, 0) is 4.74 Å². The lowest BCUT2D eigenvalue weighted by molar-refractivity contribution is 0.102. The van der Waals surface area contributed by atoms with Crippen molar-refractivity contribution in [3.05, 3.63) is 48.6 Å². The van der Waals surface area contributed by atoms with Crippen molar-refractivity contribution in [3.8, 4) is 11.1 Å². The number of hydrogen-bond acceptors (Lipinski definition) is 9. The second kappa shape index (κ2) is 7.81. The first-order chi connectivity index (χ1) is 14.7. The minimum absolute atomic E-state index is 0.199. The Kier molecular flexibility index (Phi) is 4.85. The van der Waals surface area contributed by atoms with Gasteiger partial charge in [0.05, 0.1) is 29.8 Å². The molecule has 5 rings (SSSR count). The van der Waals surface area contributed by atoms with Gasteiger partial charge >= 0.3 is 0 Å². The van der Waals surface area contributed by atoms with Crippen molar-refractivity contribution in [2.75, 3.05) is 36.5 Å². The number of aryl methyl sites for hydroxylation is 1. The maximum absolute atomic E-state index is 12.6. The van der Waals surface area contributed by atoms with Crippen LogP contribution in [0.2, 0.25) is 0 Å². The number of anilines is 2. The smallest absolute Gasteiger partial charge is 0.277 e. The molecule has 1 N–H and O–H groups in total. The molecular formula is C20H18N6O3S. The van der Waals surface area contributed by atoms with Crippen molar-refractivity contribution < 1.29 is 13.9 Å². The fraction of sp³-hybridized carbons (Fsp3) is 0.250. The van der Waals surface area contributed by atoms with E-state index in [-0.39, 0.29) is 11.6 Å². The highest BCUT2D eigenvalue weighted by Gasteiger charge is 2.21. The summed E-state index contributed by atoms with van der Waals surface area (Å²) < 4.78 is 11.3. The Balaban J connectivity index is 1.63. The lowest BCUT2D eigenvalue weighted by Crippen LogP contribution is -2.36. The predicted octanol–water partition coefficient (Wildman–Crippen LogP) is 3.14. The van der Waals surface area contributed by atoms with Gasteiger partial charge in [-0.3, -0.25) is 9.78 Å². The molecule has 152 valence electrons. The molecule has 0 aromatic carbocycles. The molecule has 0 aliphatic carbocycles. The Morgan fingerprint density at radius 2 is 2.10 bits per heavy atom. The Morgan fingerprint density at radius 3 is 2.87 bits per heavy atom. The lowest BCUT2D eigenvalue weighted by Gasteiger charge is -2.25. The normalized spacial score (nSPS) is 14.2. The SMILES string of the molecule is Cc1cc(-c2c(NC(=O)c3cocn3)cnc3nc(N4CCOCC4)sc23)ccn1. The molecule has 30 heavy (non-hydrogen) atoms.